The zero-order chi connectivity index (χ0) is 14.4. The van der Waals surface area contributed by atoms with E-state index in [1.165, 1.54) is 27.7 Å². The fourth-order valence-corrected chi connectivity index (χ4v) is 3.35. The lowest BCUT2D eigenvalue weighted by Crippen LogP contribution is -2.21. The van der Waals surface area contributed by atoms with Crippen LogP contribution in [-0.4, -0.2) is 10.7 Å². The summed E-state index contributed by atoms with van der Waals surface area (Å²) in [5.74, 6) is 1.06. The molecule has 0 saturated heterocycles. The highest BCUT2D eigenvalue weighted by Gasteiger charge is 2.24. The molecular formula is C19H19NO. The van der Waals surface area contributed by atoms with Crippen LogP contribution in [0.2, 0.25) is 0 Å². The SMILES string of the molecule is Cc1ccc2c(c1)CC(Cn1c(C)cc3ccccc31)O2. The first-order valence-corrected chi connectivity index (χ1v) is 7.52. The van der Waals surface area contributed by atoms with Crippen LogP contribution in [0, 0.1) is 13.8 Å². The molecule has 0 saturated carbocycles. The highest BCUT2D eigenvalue weighted by atomic mass is 16.5. The van der Waals surface area contributed by atoms with Gasteiger partial charge in [0.25, 0.3) is 0 Å². The topological polar surface area (TPSA) is 14.2 Å². The summed E-state index contributed by atoms with van der Waals surface area (Å²) in [6.07, 6.45) is 1.24. The van der Waals surface area contributed by atoms with Gasteiger partial charge in [0.2, 0.25) is 0 Å². The molecule has 3 aromatic rings. The quantitative estimate of drug-likeness (QED) is 0.682. The number of ether oxygens (including phenoxy) is 1. The number of hydrogen-bond donors (Lipinski definition) is 0. The summed E-state index contributed by atoms with van der Waals surface area (Å²) in [6.45, 7) is 5.22. The summed E-state index contributed by atoms with van der Waals surface area (Å²) in [5, 5.41) is 1.31. The van der Waals surface area contributed by atoms with Crippen LogP contribution in [0.3, 0.4) is 0 Å². The Hall–Kier alpha value is -2.22. The number of fused-ring (bicyclic) bond motifs is 2. The van der Waals surface area contributed by atoms with E-state index in [4.69, 9.17) is 4.74 Å². The average molecular weight is 277 g/mol. The van der Waals surface area contributed by atoms with Crippen LogP contribution in [0.4, 0.5) is 0 Å². The lowest BCUT2D eigenvalue weighted by atomic mass is 10.1. The third-order valence-electron chi connectivity index (χ3n) is 4.36. The molecule has 106 valence electrons. The van der Waals surface area contributed by atoms with Gasteiger partial charge in [-0.15, -0.1) is 0 Å². The lowest BCUT2D eigenvalue weighted by molar-refractivity contribution is 0.210. The second-order valence-electron chi connectivity index (χ2n) is 6.01. The van der Waals surface area contributed by atoms with Crippen LogP contribution in [0.25, 0.3) is 10.9 Å². The van der Waals surface area contributed by atoms with Gasteiger partial charge < -0.3 is 9.30 Å². The molecule has 0 radical (unpaired) electrons. The van der Waals surface area contributed by atoms with Crippen molar-refractivity contribution in [3.05, 3.63) is 65.4 Å². The summed E-state index contributed by atoms with van der Waals surface area (Å²) in [4.78, 5) is 0. The summed E-state index contributed by atoms with van der Waals surface area (Å²) < 4.78 is 8.49. The summed E-state index contributed by atoms with van der Waals surface area (Å²) in [6, 6.07) is 17.3. The van der Waals surface area contributed by atoms with Gasteiger partial charge in [0.1, 0.15) is 11.9 Å². The third-order valence-corrected chi connectivity index (χ3v) is 4.36. The standard InChI is InChI=1S/C19H19NO/c1-13-7-8-19-16(9-13)11-17(21-19)12-20-14(2)10-15-5-3-4-6-18(15)20/h3-10,17H,11-12H2,1-2H3. The van der Waals surface area contributed by atoms with E-state index < -0.39 is 0 Å². The number of nitrogens with zero attached hydrogens (tertiary/aromatic N) is 1. The van der Waals surface area contributed by atoms with Crippen LogP contribution in [-0.2, 0) is 13.0 Å². The minimum Gasteiger partial charge on any atom is -0.488 e. The van der Waals surface area contributed by atoms with Crippen molar-refractivity contribution in [2.45, 2.75) is 32.9 Å². The Bertz CT molecular complexity index is 816. The molecule has 2 aromatic carbocycles. The maximum atomic E-state index is 6.12. The van der Waals surface area contributed by atoms with E-state index in [2.05, 4.69) is 66.9 Å². The van der Waals surface area contributed by atoms with E-state index in [0.29, 0.717) is 0 Å². The van der Waals surface area contributed by atoms with Gasteiger partial charge in [-0.3, -0.25) is 0 Å². The van der Waals surface area contributed by atoms with E-state index in [1.807, 2.05) is 0 Å². The predicted octanol–water partition coefficient (Wildman–Crippen LogP) is 4.26. The van der Waals surface area contributed by atoms with Crippen molar-refractivity contribution in [1.29, 1.82) is 0 Å². The van der Waals surface area contributed by atoms with Gasteiger partial charge >= 0.3 is 0 Å². The third kappa shape index (κ3) is 2.11. The number of para-hydroxylation sites is 1. The zero-order valence-corrected chi connectivity index (χ0v) is 12.5. The fourth-order valence-electron chi connectivity index (χ4n) is 3.35. The van der Waals surface area contributed by atoms with Crippen molar-refractivity contribution in [3.8, 4) is 5.75 Å². The Morgan fingerprint density at radius 1 is 1.10 bits per heavy atom. The minimum atomic E-state index is 0.233. The molecule has 0 N–H and O–H groups in total. The van der Waals surface area contributed by atoms with Gasteiger partial charge in [-0.25, -0.2) is 0 Å². The first kappa shape index (κ1) is 12.5. The lowest BCUT2D eigenvalue weighted by Gasteiger charge is -2.14. The molecule has 0 spiro atoms. The highest BCUT2D eigenvalue weighted by molar-refractivity contribution is 5.81. The molecule has 1 aliphatic heterocycles. The summed E-state index contributed by atoms with van der Waals surface area (Å²) >= 11 is 0. The van der Waals surface area contributed by atoms with E-state index in [1.54, 1.807) is 0 Å². The molecule has 0 amide bonds. The summed E-state index contributed by atoms with van der Waals surface area (Å²) in [5.41, 5.74) is 5.24. The number of benzene rings is 2. The van der Waals surface area contributed by atoms with Gasteiger partial charge in [-0.1, -0.05) is 35.9 Å². The second-order valence-corrected chi connectivity index (χ2v) is 6.01. The normalized spacial score (nSPS) is 17.0. The predicted molar refractivity (Wildman–Crippen MR) is 86.0 cm³/mol. The summed E-state index contributed by atoms with van der Waals surface area (Å²) in [7, 11) is 0. The van der Waals surface area contributed by atoms with Crippen molar-refractivity contribution >= 4 is 10.9 Å². The van der Waals surface area contributed by atoms with Crippen molar-refractivity contribution in [2.24, 2.45) is 0 Å². The second kappa shape index (κ2) is 4.66. The molecule has 1 atom stereocenters. The Kier molecular flexibility index (Phi) is 2.78. The van der Waals surface area contributed by atoms with Crippen molar-refractivity contribution in [3.63, 3.8) is 0 Å². The van der Waals surface area contributed by atoms with Gasteiger partial charge in [-0.05, 0) is 43.0 Å². The molecule has 1 unspecified atom stereocenters. The fraction of sp³-hybridized carbons (Fsp3) is 0.263. The van der Waals surface area contributed by atoms with Gasteiger partial charge in [0.05, 0.1) is 6.54 Å². The van der Waals surface area contributed by atoms with Crippen LogP contribution in [0.15, 0.2) is 48.5 Å². The number of aromatic nitrogens is 1. The van der Waals surface area contributed by atoms with Gasteiger partial charge in [0, 0.05) is 17.6 Å². The molecule has 0 aliphatic carbocycles. The molecule has 21 heavy (non-hydrogen) atoms. The van der Waals surface area contributed by atoms with Crippen LogP contribution in [0.1, 0.15) is 16.8 Å². The molecule has 4 rings (SSSR count). The molecule has 0 bridgehead atoms. The molecular weight excluding hydrogens is 258 g/mol. The van der Waals surface area contributed by atoms with E-state index >= 15 is 0 Å². The zero-order valence-electron chi connectivity index (χ0n) is 12.5. The van der Waals surface area contributed by atoms with E-state index in [0.717, 1.165) is 18.7 Å². The minimum absolute atomic E-state index is 0.233. The molecule has 2 heterocycles. The molecule has 1 aliphatic rings. The molecule has 2 heteroatoms. The molecule has 2 nitrogen and oxygen atoms in total. The molecule has 1 aromatic heterocycles. The maximum absolute atomic E-state index is 6.12. The first-order valence-electron chi connectivity index (χ1n) is 7.52. The number of rotatable bonds is 2. The first-order chi connectivity index (χ1) is 10.2. The van der Waals surface area contributed by atoms with Crippen LogP contribution < -0.4 is 4.74 Å². The van der Waals surface area contributed by atoms with E-state index in [9.17, 15) is 0 Å². The van der Waals surface area contributed by atoms with Crippen molar-refractivity contribution < 1.29 is 4.74 Å². The number of hydrogen-bond acceptors (Lipinski definition) is 1. The Balaban J connectivity index is 1.64. The Labute approximate surface area is 125 Å². The monoisotopic (exact) mass is 277 g/mol. The van der Waals surface area contributed by atoms with Crippen LogP contribution >= 0.6 is 0 Å². The Morgan fingerprint density at radius 3 is 2.86 bits per heavy atom. The highest BCUT2D eigenvalue weighted by Crippen LogP contribution is 2.31. The average Bonchev–Trinajstić information content (AvgIpc) is 3.00. The Morgan fingerprint density at radius 2 is 1.95 bits per heavy atom. The van der Waals surface area contributed by atoms with Gasteiger partial charge in [-0.2, -0.15) is 0 Å². The maximum Gasteiger partial charge on any atom is 0.123 e. The van der Waals surface area contributed by atoms with E-state index in [-0.39, 0.29) is 6.10 Å². The largest absolute Gasteiger partial charge is 0.488 e. The van der Waals surface area contributed by atoms with Crippen LogP contribution in [0.5, 0.6) is 5.75 Å². The van der Waals surface area contributed by atoms with Crippen molar-refractivity contribution in [2.75, 3.05) is 0 Å². The number of aryl methyl sites for hydroxylation is 2. The van der Waals surface area contributed by atoms with Crippen molar-refractivity contribution in [1.82, 2.24) is 4.57 Å². The van der Waals surface area contributed by atoms with Gasteiger partial charge in [0.15, 0.2) is 0 Å². The molecule has 0 fully saturated rings. The smallest absolute Gasteiger partial charge is 0.123 e.